The standard InChI is InChI=1S/C34H44N8O3/c1-6-27-31(29(7-2)42(39-27)18-19-44-5)37-33(43)26-14-17-41-30(26)11-8-23-21-35-34(38-32(23)41)36-28-10-9-25(20-22(28)3)45-24-12-15-40(4)16-13-24/h9-10,14,17,20-21,24H,6-8,11-13,15-16,18-19H2,1-5H3,(H,37,43)(H,35,36,38). The monoisotopic (exact) mass is 612 g/mol. The summed E-state index contributed by atoms with van der Waals surface area (Å²) in [5.41, 5.74) is 7.34. The number of piperidine rings is 1. The number of aryl methyl sites for hydroxylation is 3. The van der Waals surface area contributed by atoms with E-state index in [0.717, 1.165) is 103 Å². The van der Waals surface area contributed by atoms with Crippen molar-refractivity contribution in [1.29, 1.82) is 0 Å². The molecule has 2 aliphatic heterocycles. The van der Waals surface area contributed by atoms with E-state index in [2.05, 4.69) is 54.4 Å². The van der Waals surface area contributed by atoms with Crippen molar-refractivity contribution in [3.63, 3.8) is 0 Å². The van der Waals surface area contributed by atoms with E-state index in [1.807, 2.05) is 39.8 Å². The van der Waals surface area contributed by atoms with Crippen LogP contribution in [0, 0.1) is 6.92 Å². The second-order valence-electron chi connectivity index (χ2n) is 12.0. The third-order valence-electron chi connectivity index (χ3n) is 8.90. The lowest BCUT2D eigenvalue weighted by Gasteiger charge is -2.29. The highest BCUT2D eigenvalue weighted by molar-refractivity contribution is 6.06. The van der Waals surface area contributed by atoms with Crippen LogP contribution < -0.4 is 15.4 Å². The number of aromatic nitrogens is 5. The molecule has 0 bridgehead atoms. The number of hydrogen-bond donors (Lipinski definition) is 2. The Bertz CT molecular complexity index is 1670. The van der Waals surface area contributed by atoms with Crippen molar-refractivity contribution in [2.45, 2.75) is 71.9 Å². The highest BCUT2D eigenvalue weighted by Crippen LogP contribution is 2.31. The lowest BCUT2D eigenvalue weighted by atomic mass is 10.0. The summed E-state index contributed by atoms with van der Waals surface area (Å²) in [4.78, 5) is 25.6. The molecule has 0 saturated carbocycles. The molecular weight excluding hydrogens is 568 g/mol. The van der Waals surface area contributed by atoms with Gasteiger partial charge in [-0.2, -0.15) is 10.1 Å². The molecule has 0 spiro atoms. The first-order valence-corrected chi connectivity index (χ1v) is 16.1. The van der Waals surface area contributed by atoms with Gasteiger partial charge in [0.25, 0.3) is 5.91 Å². The summed E-state index contributed by atoms with van der Waals surface area (Å²) < 4.78 is 15.5. The molecule has 1 aromatic carbocycles. The Hall–Kier alpha value is -4.22. The molecule has 45 heavy (non-hydrogen) atoms. The maximum absolute atomic E-state index is 13.7. The van der Waals surface area contributed by atoms with Crippen LogP contribution in [0.5, 0.6) is 5.75 Å². The molecule has 0 unspecified atom stereocenters. The Morgan fingerprint density at radius 3 is 2.67 bits per heavy atom. The number of rotatable bonds is 11. The van der Waals surface area contributed by atoms with Gasteiger partial charge in [0.15, 0.2) is 0 Å². The van der Waals surface area contributed by atoms with Gasteiger partial charge in [-0.3, -0.25) is 9.48 Å². The van der Waals surface area contributed by atoms with E-state index in [1.54, 1.807) is 7.11 Å². The summed E-state index contributed by atoms with van der Waals surface area (Å²) >= 11 is 0. The Morgan fingerprint density at radius 2 is 1.93 bits per heavy atom. The Morgan fingerprint density at radius 1 is 1.11 bits per heavy atom. The molecule has 2 aliphatic rings. The largest absolute Gasteiger partial charge is 0.490 e. The van der Waals surface area contributed by atoms with E-state index < -0.39 is 0 Å². The maximum atomic E-state index is 13.7. The number of methoxy groups -OCH3 is 1. The quantitative estimate of drug-likeness (QED) is 0.240. The molecule has 0 aliphatic carbocycles. The van der Waals surface area contributed by atoms with Gasteiger partial charge >= 0.3 is 0 Å². The number of ether oxygens (including phenoxy) is 2. The van der Waals surface area contributed by atoms with Gasteiger partial charge in [0.1, 0.15) is 17.7 Å². The number of nitrogens with one attached hydrogen (secondary N) is 2. The first-order valence-electron chi connectivity index (χ1n) is 16.1. The first-order chi connectivity index (χ1) is 21.9. The molecule has 1 saturated heterocycles. The van der Waals surface area contributed by atoms with Gasteiger partial charge in [-0.05, 0) is 82.3 Å². The van der Waals surface area contributed by atoms with Crippen LogP contribution in [0.15, 0.2) is 36.7 Å². The number of likely N-dealkylation sites (tertiary alicyclic amines) is 1. The van der Waals surface area contributed by atoms with E-state index in [4.69, 9.17) is 19.6 Å². The number of carbonyl (C=O) groups excluding carboxylic acids is 1. The van der Waals surface area contributed by atoms with Gasteiger partial charge in [0.05, 0.1) is 35.8 Å². The minimum absolute atomic E-state index is 0.131. The molecule has 11 heteroatoms. The van der Waals surface area contributed by atoms with Crippen LogP contribution >= 0.6 is 0 Å². The summed E-state index contributed by atoms with van der Waals surface area (Å²) in [5, 5.41) is 11.4. The first kappa shape index (κ1) is 30.8. The average Bonchev–Trinajstić information content (AvgIpc) is 3.63. The van der Waals surface area contributed by atoms with Crippen molar-refractivity contribution < 1.29 is 14.3 Å². The van der Waals surface area contributed by atoms with Crippen molar-refractivity contribution >= 4 is 23.2 Å². The number of nitrogens with zero attached hydrogens (tertiary/aromatic N) is 6. The minimum atomic E-state index is -0.131. The Balaban J connectivity index is 1.19. The molecule has 1 fully saturated rings. The topological polar surface area (TPSA) is 111 Å². The summed E-state index contributed by atoms with van der Waals surface area (Å²) in [6.45, 7) is 9.54. The fourth-order valence-electron chi connectivity index (χ4n) is 6.33. The van der Waals surface area contributed by atoms with E-state index in [1.165, 1.54) is 0 Å². The van der Waals surface area contributed by atoms with Gasteiger partial charge in [0.2, 0.25) is 5.95 Å². The fourth-order valence-corrected chi connectivity index (χ4v) is 6.33. The molecule has 2 N–H and O–H groups in total. The van der Waals surface area contributed by atoms with E-state index in [-0.39, 0.29) is 12.0 Å². The molecule has 238 valence electrons. The van der Waals surface area contributed by atoms with E-state index >= 15 is 0 Å². The highest BCUT2D eigenvalue weighted by atomic mass is 16.5. The van der Waals surface area contributed by atoms with Gasteiger partial charge in [-0.15, -0.1) is 0 Å². The van der Waals surface area contributed by atoms with Crippen molar-refractivity contribution in [2.24, 2.45) is 0 Å². The van der Waals surface area contributed by atoms with Crippen LogP contribution in [0.1, 0.15) is 65.3 Å². The molecule has 1 amide bonds. The molecule has 0 radical (unpaired) electrons. The minimum Gasteiger partial charge on any atom is -0.490 e. The van der Waals surface area contributed by atoms with Crippen LogP contribution in [-0.2, 0) is 37.0 Å². The third-order valence-corrected chi connectivity index (χ3v) is 8.90. The van der Waals surface area contributed by atoms with E-state index in [0.29, 0.717) is 24.7 Å². The van der Waals surface area contributed by atoms with Crippen LogP contribution in [0.25, 0.3) is 5.82 Å². The normalized spacial score (nSPS) is 15.0. The van der Waals surface area contributed by atoms with Crippen LogP contribution in [0.4, 0.5) is 17.3 Å². The number of amides is 1. The van der Waals surface area contributed by atoms with E-state index in [9.17, 15) is 4.79 Å². The van der Waals surface area contributed by atoms with Crippen LogP contribution in [-0.4, -0.2) is 75.1 Å². The number of anilines is 3. The lowest BCUT2D eigenvalue weighted by molar-refractivity contribution is 0.102. The molecule has 4 aromatic rings. The molecule has 3 aromatic heterocycles. The van der Waals surface area contributed by atoms with Gasteiger partial charge in [-0.1, -0.05) is 13.8 Å². The number of carbonyl (C=O) groups is 1. The second-order valence-corrected chi connectivity index (χ2v) is 12.0. The Kier molecular flexibility index (Phi) is 9.18. The number of benzene rings is 1. The number of hydrogen-bond acceptors (Lipinski definition) is 8. The summed E-state index contributed by atoms with van der Waals surface area (Å²) in [6, 6.07) is 7.99. The molecule has 0 atom stereocenters. The highest BCUT2D eigenvalue weighted by Gasteiger charge is 2.26. The zero-order chi connectivity index (χ0) is 31.5. The lowest BCUT2D eigenvalue weighted by Crippen LogP contribution is -2.35. The van der Waals surface area contributed by atoms with Crippen molar-refractivity contribution in [3.05, 3.63) is 70.4 Å². The van der Waals surface area contributed by atoms with Crippen molar-refractivity contribution in [1.82, 2.24) is 29.2 Å². The average molecular weight is 613 g/mol. The fraction of sp³-hybridized carbons (Fsp3) is 0.471. The summed E-state index contributed by atoms with van der Waals surface area (Å²) in [6.07, 6.45) is 9.14. The van der Waals surface area contributed by atoms with Crippen molar-refractivity contribution in [3.8, 4) is 11.6 Å². The zero-order valence-electron chi connectivity index (χ0n) is 27.0. The molecule has 5 heterocycles. The van der Waals surface area contributed by atoms with Crippen LogP contribution in [0.3, 0.4) is 0 Å². The van der Waals surface area contributed by atoms with Crippen molar-refractivity contribution in [2.75, 3.05) is 44.5 Å². The predicted octanol–water partition coefficient (Wildman–Crippen LogP) is 5.11. The third kappa shape index (κ3) is 6.46. The molecular formula is C34H44N8O3. The predicted molar refractivity (Wildman–Crippen MR) is 175 cm³/mol. The smallest absolute Gasteiger partial charge is 0.257 e. The second kappa shape index (κ2) is 13.4. The SMILES string of the molecule is CCc1nn(CCOC)c(CC)c1NC(=O)c1ccn2c1CCc1cnc(Nc3ccc(OC4CCN(C)CC4)cc3C)nc1-2. The van der Waals surface area contributed by atoms with Crippen LogP contribution in [0.2, 0.25) is 0 Å². The Labute approximate surface area is 265 Å². The maximum Gasteiger partial charge on any atom is 0.257 e. The molecule has 11 nitrogen and oxygen atoms in total. The van der Waals surface area contributed by atoms with Gasteiger partial charge < -0.3 is 29.6 Å². The van der Waals surface area contributed by atoms with Gasteiger partial charge in [-0.25, -0.2) is 4.98 Å². The zero-order valence-corrected chi connectivity index (χ0v) is 27.0. The summed E-state index contributed by atoms with van der Waals surface area (Å²) in [5.74, 6) is 2.07. The van der Waals surface area contributed by atoms with Gasteiger partial charge in [0, 0.05) is 49.5 Å². The summed E-state index contributed by atoms with van der Waals surface area (Å²) in [7, 11) is 3.84. The number of fused-ring (bicyclic) bond motifs is 3. The molecule has 6 rings (SSSR count).